The summed E-state index contributed by atoms with van der Waals surface area (Å²) in [6.07, 6.45) is 3.81. The number of rotatable bonds is 2. The molecular weight excluding hydrogens is 254 g/mol. The van der Waals surface area contributed by atoms with Crippen molar-refractivity contribution in [3.8, 4) is 17.4 Å². The fraction of sp³-hybridized carbons (Fsp3) is 0.312. The number of hydrogen-bond acceptors (Lipinski definition) is 4. The van der Waals surface area contributed by atoms with E-state index in [0.29, 0.717) is 18.2 Å². The van der Waals surface area contributed by atoms with Crippen LogP contribution in [0.3, 0.4) is 0 Å². The van der Waals surface area contributed by atoms with Crippen LogP contribution in [0, 0.1) is 0 Å². The largest absolute Gasteiger partial charge is 0.506 e. The van der Waals surface area contributed by atoms with Crippen LogP contribution >= 0.6 is 0 Å². The second-order valence-corrected chi connectivity index (χ2v) is 5.36. The molecule has 0 radical (unpaired) electrons. The SMILES string of the molecule is Oc1cnc2c(c1)OC(c1ccc(C3CC3)cc1)CO2. The van der Waals surface area contributed by atoms with Crippen LogP contribution < -0.4 is 9.47 Å². The van der Waals surface area contributed by atoms with Gasteiger partial charge in [-0.1, -0.05) is 24.3 Å². The Morgan fingerprint density at radius 2 is 1.85 bits per heavy atom. The van der Waals surface area contributed by atoms with E-state index in [2.05, 4.69) is 29.2 Å². The molecule has 1 atom stereocenters. The first-order chi connectivity index (χ1) is 9.79. The molecule has 4 heteroatoms. The molecule has 1 N–H and O–H groups in total. The van der Waals surface area contributed by atoms with Gasteiger partial charge in [-0.05, 0) is 29.9 Å². The van der Waals surface area contributed by atoms with Crippen molar-refractivity contribution in [2.75, 3.05) is 6.61 Å². The van der Waals surface area contributed by atoms with E-state index in [1.165, 1.54) is 30.7 Å². The van der Waals surface area contributed by atoms with Crippen molar-refractivity contribution in [2.45, 2.75) is 24.9 Å². The predicted molar refractivity (Wildman–Crippen MR) is 73.2 cm³/mol. The Balaban J connectivity index is 1.57. The van der Waals surface area contributed by atoms with Crippen molar-refractivity contribution in [1.82, 2.24) is 4.98 Å². The summed E-state index contributed by atoms with van der Waals surface area (Å²) >= 11 is 0. The first kappa shape index (κ1) is 11.6. The van der Waals surface area contributed by atoms with Gasteiger partial charge in [0.25, 0.3) is 5.88 Å². The van der Waals surface area contributed by atoms with Gasteiger partial charge in [0.15, 0.2) is 11.9 Å². The molecule has 2 aromatic rings. The Labute approximate surface area is 117 Å². The van der Waals surface area contributed by atoms with Crippen LogP contribution in [0.2, 0.25) is 0 Å². The van der Waals surface area contributed by atoms with E-state index in [9.17, 15) is 5.11 Å². The van der Waals surface area contributed by atoms with Gasteiger partial charge in [-0.2, -0.15) is 0 Å². The predicted octanol–water partition coefficient (Wildman–Crippen LogP) is 3.18. The summed E-state index contributed by atoms with van der Waals surface area (Å²) in [7, 11) is 0. The topological polar surface area (TPSA) is 51.6 Å². The third kappa shape index (κ3) is 2.07. The summed E-state index contributed by atoms with van der Waals surface area (Å²) in [4.78, 5) is 4.00. The molecule has 2 heterocycles. The van der Waals surface area contributed by atoms with E-state index in [1.807, 2.05) is 0 Å². The van der Waals surface area contributed by atoms with Gasteiger partial charge >= 0.3 is 0 Å². The van der Waals surface area contributed by atoms with Crippen molar-refractivity contribution >= 4 is 0 Å². The molecule has 1 fully saturated rings. The quantitative estimate of drug-likeness (QED) is 0.909. The molecule has 1 aromatic heterocycles. The minimum absolute atomic E-state index is 0.0806. The molecule has 4 nitrogen and oxygen atoms in total. The highest BCUT2D eigenvalue weighted by molar-refractivity contribution is 5.41. The third-order valence-electron chi connectivity index (χ3n) is 3.80. The minimum atomic E-state index is -0.153. The smallest absolute Gasteiger partial charge is 0.257 e. The molecule has 0 amide bonds. The fourth-order valence-electron chi connectivity index (χ4n) is 2.52. The van der Waals surface area contributed by atoms with Crippen LogP contribution in [0.1, 0.15) is 36.0 Å². The summed E-state index contributed by atoms with van der Waals surface area (Å²) in [5.41, 5.74) is 2.49. The van der Waals surface area contributed by atoms with Gasteiger partial charge < -0.3 is 14.6 Å². The number of aromatic hydroxyl groups is 1. The zero-order chi connectivity index (χ0) is 13.5. The number of hydrogen-bond donors (Lipinski definition) is 1. The van der Waals surface area contributed by atoms with E-state index < -0.39 is 0 Å². The Morgan fingerprint density at radius 3 is 2.60 bits per heavy atom. The second kappa shape index (κ2) is 4.40. The first-order valence-corrected chi connectivity index (χ1v) is 6.88. The lowest BCUT2D eigenvalue weighted by molar-refractivity contribution is 0.0858. The second-order valence-electron chi connectivity index (χ2n) is 5.36. The third-order valence-corrected chi connectivity index (χ3v) is 3.80. The molecule has 4 rings (SSSR count). The molecule has 0 spiro atoms. The number of benzene rings is 1. The van der Waals surface area contributed by atoms with Gasteiger partial charge in [0.05, 0.1) is 6.20 Å². The van der Waals surface area contributed by atoms with Gasteiger partial charge in [0.2, 0.25) is 0 Å². The maximum atomic E-state index is 9.45. The van der Waals surface area contributed by atoms with Crippen LogP contribution in [0.25, 0.3) is 0 Å². The molecule has 1 aliphatic carbocycles. The normalized spacial score (nSPS) is 20.7. The maximum Gasteiger partial charge on any atom is 0.257 e. The molecule has 1 saturated carbocycles. The zero-order valence-electron chi connectivity index (χ0n) is 11.0. The molecule has 0 bridgehead atoms. The Bertz CT molecular complexity index is 635. The molecule has 20 heavy (non-hydrogen) atoms. The Morgan fingerprint density at radius 1 is 1.10 bits per heavy atom. The number of fused-ring (bicyclic) bond motifs is 1. The maximum absolute atomic E-state index is 9.45. The number of nitrogens with zero attached hydrogens (tertiary/aromatic N) is 1. The van der Waals surface area contributed by atoms with Gasteiger partial charge in [-0.15, -0.1) is 0 Å². The van der Waals surface area contributed by atoms with Crippen molar-refractivity contribution in [2.24, 2.45) is 0 Å². The highest BCUT2D eigenvalue weighted by Crippen LogP contribution is 2.41. The Hall–Kier alpha value is -2.23. The summed E-state index contributed by atoms with van der Waals surface area (Å²) in [6.45, 7) is 0.438. The van der Waals surface area contributed by atoms with Gasteiger partial charge in [-0.3, -0.25) is 0 Å². The van der Waals surface area contributed by atoms with E-state index in [-0.39, 0.29) is 11.9 Å². The fourth-order valence-corrected chi connectivity index (χ4v) is 2.52. The van der Waals surface area contributed by atoms with Crippen LogP contribution in [-0.4, -0.2) is 16.7 Å². The average Bonchev–Trinajstić information content (AvgIpc) is 3.31. The molecule has 1 unspecified atom stereocenters. The van der Waals surface area contributed by atoms with Crippen molar-refractivity contribution in [3.63, 3.8) is 0 Å². The number of aromatic nitrogens is 1. The molecule has 2 aliphatic rings. The van der Waals surface area contributed by atoms with Crippen LogP contribution in [0.5, 0.6) is 17.4 Å². The highest BCUT2D eigenvalue weighted by atomic mass is 16.6. The number of pyridine rings is 1. The minimum Gasteiger partial charge on any atom is -0.506 e. The van der Waals surface area contributed by atoms with E-state index in [0.717, 1.165) is 11.5 Å². The van der Waals surface area contributed by atoms with Crippen molar-refractivity contribution in [1.29, 1.82) is 0 Å². The lowest BCUT2D eigenvalue weighted by Gasteiger charge is -2.26. The zero-order valence-corrected chi connectivity index (χ0v) is 11.0. The summed E-state index contributed by atoms with van der Waals surface area (Å²) in [5, 5.41) is 9.45. The van der Waals surface area contributed by atoms with Gasteiger partial charge in [0, 0.05) is 6.07 Å². The van der Waals surface area contributed by atoms with Crippen LogP contribution in [0.15, 0.2) is 36.5 Å². The Kier molecular flexibility index (Phi) is 2.55. The molecule has 0 saturated heterocycles. The van der Waals surface area contributed by atoms with E-state index >= 15 is 0 Å². The highest BCUT2D eigenvalue weighted by Gasteiger charge is 2.26. The van der Waals surface area contributed by atoms with Gasteiger partial charge in [-0.25, -0.2) is 4.98 Å². The standard InChI is InChI=1S/C16H15NO3/c18-13-7-14-16(17-8-13)19-9-15(20-14)12-5-3-11(4-6-12)10-1-2-10/h3-8,10,15,18H,1-2,9H2. The van der Waals surface area contributed by atoms with Crippen LogP contribution in [-0.2, 0) is 0 Å². The summed E-state index contributed by atoms with van der Waals surface area (Å²) in [5.74, 6) is 1.77. The lowest BCUT2D eigenvalue weighted by Crippen LogP contribution is -2.22. The lowest BCUT2D eigenvalue weighted by atomic mass is 10.0. The monoisotopic (exact) mass is 269 g/mol. The van der Waals surface area contributed by atoms with Crippen molar-refractivity contribution < 1.29 is 14.6 Å². The van der Waals surface area contributed by atoms with Crippen molar-refractivity contribution in [3.05, 3.63) is 47.7 Å². The summed E-state index contributed by atoms with van der Waals surface area (Å²) in [6, 6.07) is 10.1. The van der Waals surface area contributed by atoms with Crippen LogP contribution in [0.4, 0.5) is 0 Å². The first-order valence-electron chi connectivity index (χ1n) is 6.88. The van der Waals surface area contributed by atoms with E-state index in [4.69, 9.17) is 9.47 Å². The van der Waals surface area contributed by atoms with E-state index in [1.54, 1.807) is 0 Å². The summed E-state index contributed by atoms with van der Waals surface area (Å²) < 4.78 is 11.5. The average molecular weight is 269 g/mol. The molecule has 1 aromatic carbocycles. The molecular formula is C16H15NO3. The molecule has 1 aliphatic heterocycles. The number of ether oxygens (including phenoxy) is 2. The van der Waals surface area contributed by atoms with Gasteiger partial charge in [0.1, 0.15) is 12.4 Å². The molecule has 102 valence electrons.